The second-order valence-electron chi connectivity index (χ2n) is 10.1. The van der Waals surface area contributed by atoms with Gasteiger partial charge in [-0.3, -0.25) is 9.59 Å². The van der Waals surface area contributed by atoms with Crippen LogP contribution in [0, 0.1) is 11.8 Å². The van der Waals surface area contributed by atoms with Crippen molar-refractivity contribution in [2.24, 2.45) is 17.6 Å². The zero-order valence-corrected chi connectivity index (χ0v) is 24.9. The number of carbonyl (C=O) groups is 2. The van der Waals surface area contributed by atoms with E-state index in [1.54, 1.807) is 7.11 Å². The molecule has 0 aromatic heterocycles. The Balaban J connectivity index is 2.17. The summed E-state index contributed by atoms with van der Waals surface area (Å²) in [5, 5.41) is 3.11. The van der Waals surface area contributed by atoms with Crippen molar-refractivity contribution in [3.63, 3.8) is 0 Å². The van der Waals surface area contributed by atoms with Gasteiger partial charge in [0.05, 0.1) is 24.5 Å². The van der Waals surface area contributed by atoms with Gasteiger partial charge in [0.15, 0.2) is 15.0 Å². The molecule has 2 unspecified atom stereocenters. The molecule has 0 heterocycles. The molecular weight excluding hydrogens is 536 g/mol. The molecule has 39 heavy (non-hydrogen) atoms. The third-order valence-electron chi connectivity index (χ3n) is 6.15. The lowest BCUT2D eigenvalue weighted by Gasteiger charge is -2.27. The standard InChI is InChI=1S/C29H42N2O6S2/c1-21(2)13-14-39(34,35)20-25(19-38-22(3)32)29(33)37-28(27(30)16-23-9-6-5-7-10-23)18-31-17-24-11-8-12-26(15-24)36-4/h5-12,15,21,25,27-28,31H,13-14,16-20,30H2,1-4H3/t25-,27?,28?/m0/s1. The number of carbonyl (C=O) groups excluding carboxylic acids is 2. The Labute approximate surface area is 237 Å². The van der Waals surface area contributed by atoms with Crippen molar-refractivity contribution in [1.82, 2.24) is 5.32 Å². The third kappa shape index (κ3) is 13.0. The zero-order valence-electron chi connectivity index (χ0n) is 23.3. The van der Waals surface area contributed by atoms with Crippen molar-refractivity contribution in [1.29, 1.82) is 0 Å². The van der Waals surface area contributed by atoms with Crippen LogP contribution in [0.25, 0.3) is 0 Å². The average molecular weight is 579 g/mol. The summed E-state index contributed by atoms with van der Waals surface area (Å²) >= 11 is 0.927. The zero-order chi connectivity index (χ0) is 28.8. The first kappa shape index (κ1) is 32.8. The normalized spacial score (nSPS) is 14.0. The molecule has 2 aromatic rings. The number of sulfone groups is 1. The summed E-state index contributed by atoms with van der Waals surface area (Å²) < 4.78 is 36.8. The lowest BCUT2D eigenvalue weighted by molar-refractivity contribution is -0.153. The van der Waals surface area contributed by atoms with Crippen LogP contribution >= 0.6 is 11.8 Å². The summed E-state index contributed by atoms with van der Waals surface area (Å²) in [7, 11) is -1.91. The molecule has 0 aliphatic rings. The molecule has 3 atom stereocenters. The molecule has 0 spiro atoms. The highest BCUT2D eigenvalue weighted by molar-refractivity contribution is 8.13. The van der Waals surface area contributed by atoms with Gasteiger partial charge in [0.25, 0.3) is 0 Å². The van der Waals surface area contributed by atoms with Crippen LogP contribution in [0.4, 0.5) is 0 Å². The first-order chi connectivity index (χ1) is 18.5. The number of esters is 1. The van der Waals surface area contributed by atoms with Crippen LogP contribution in [0.5, 0.6) is 5.75 Å². The molecule has 3 N–H and O–H groups in total. The largest absolute Gasteiger partial charge is 0.497 e. The van der Waals surface area contributed by atoms with Gasteiger partial charge in [-0.1, -0.05) is 68.1 Å². The Bertz CT molecular complexity index is 1140. The van der Waals surface area contributed by atoms with Crippen LogP contribution < -0.4 is 15.8 Å². The number of hydrogen-bond donors (Lipinski definition) is 2. The van der Waals surface area contributed by atoms with Gasteiger partial charge >= 0.3 is 5.97 Å². The molecule has 0 amide bonds. The fourth-order valence-corrected chi connectivity index (χ4v) is 6.60. The maximum atomic E-state index is 13.3. The second kappa shape index (κ2) is 16.6. The number of ether oxygens (including phenoxy) is 2. The highest BCUT2D eigenvalue weighted by Gasteiger charge is 2.31. The molecule has 2 rings (SSSR count). The van der Waals surface area contributed by atoms with E-state index in [4.69, 9.17) is 15.2 Å². The van der Waals surface area contributed by atoms with Crippen LogP contribution in [0.2, 0.25) is 0 Å². The summed E-state index contributed by atoms with van der Waals surface area (Å²) in [6.45, 7) is 6.05. The Morgan fingerprint density at radius 2 is 1.74 bits per heavy atom. The maximum Gasteiger partial charge on any atom is 0.311 e. The van der Waals surface area contributed by atoms with Crippen LogP contribution in [-0.4, -0.2) is 62.6 Å². The molecule has 0 bridgehead atoms. The summed E-state index contributed by atoms with van der Waals surface area (Å²) in [6.07, 6.45) is 0.258. The Hall–Kier alpha value is -2.40. The van der Waals surface area contributed by atoms with E-state index in [-0.39, 0.29) is 34.8 Å². The minimum atomic E-state index is -3.52. The lowest BCUT2D eigenvalue weighted by Crippen LogP contribution is -2.47. The van der Waals surface area contributed by atoms with Crippen molar-refractivity contribution in [2.45, 2.75) is 52.3 Å². The number of hydrogen-bond acceptors (Lipinski definition) is 9. The van der Waals surface area contributed by atoms with E-state index >= 15 is 0 Å². The number of nitrogens with two attached hydrogens (primary N) is 1. The van der Waals surface area contributed by atoms with Crippen LogP contribution in [0.3, 0.4) is 0 Å². The molecule has 0 saturated heterocycles. The molecule has 0 aliphatic carbocycles. The van der Waals surface area contributed by atoms with Crippen molar-refractivity contribution in [2.75, 3.05) is 30.9 Å². The van der Waals surface area contributed by atoms with Gasteiger partial charge in [0.1, 0.15) is 11.9 Å². The molecule has 0 aliphatic heterocycles. The van der Waals surface area contributed by atoms with E-state index in [1.165, 1.54) is 6.92 Å². The Morgan fingerprint density at radius 3 is 2.38 bits per heavy atom. The minimum absolute atomic E-state index is 0.0156. The highest BCUT2D eigenvalue weighted by atomic mass is 32.2. The monoisotopic (exact) mass is 578 g/mol. The fraction of sp³-hybridized carbons (Fsp3) is 0.517. The molecule has 0 radical (unpaired) electrons. The first-order valence-electron chi connectivity index (χ1n) is 13.2. The predicted octanol–water partition coefficient (Wildman–Crippen LogP) is 3.62. The molecule has 0 saturated carbocycles. The van der Waals surface area contributed by atoms with E-state index in [0.29, 0.717) is 19.4 Å². The fourth-order valence-electron chi connectivity index (χ4n) is 3.89. The van der Waals surface area contributed by atoms with E-state index in [2.05, 4.69) is 5.32 Å². The van der Waals surface area contributed by atoms with E-state index in [0.717, 1.165) is 28.6 Å². The molecule has 8 nitrogen and oxygen atoms in total. The number of thioether (sulfide) groups is 1. The number of benzene rings is 2. The topological polar surface area (TPSA) is 125 Å². The summed E-state index contributed by atoms with van der Waals surface area (Å²) in [6, 6.07) is 16.7. The smallest absolute Gasteiger partial charge is 0.311 e. The molecule has 10 heteroatoms. The number of methoxy groups -OCH3 is 1. The van der Waals surface area contributed by atoms with Gasteiger partial charge in [-0.25, -0.2) is 8.42 Å². The quantitative estimate of drug-likeness (QED) is 0.271. The average Bonchev–Trinajstić information content (AvgIpc) is 2.89. The van der Waals surface area contributed by atoms with Crippen LogP contribution in [-0.2, 0) is 37.1 Å². The van der Waals surface area contributed by atoms with E-state index in [9.17, 15) is 18.0 Å². The third-order valence-corrected chi connectivity index (χ3v) is 8.89. The van der Waals surface area contributed by atoms with Gasteiger partial charge < -0.3 is 20.5 Å². The summed E-state index contributed by atoms with van der Waals surface area (Å²) in [5.41, 5.74) is 8.53. The second-order valence-corrected chi connectivity index (χ2v) is 13.5. The van der Waals surface area contributed by atoms with Gasteiger partial charge in [-0.15, -0.1) is 0 Å². The van der Waals surface area contributed by atoms with Crippen molar-refractivity contribution < 1.29 is 27.5 Å². The Morgan fingerprint density at radius 1 is 1.05 bits per heavy atom. The molecule has 2 aromatic carbocycles. The van der Waals surface area contributed by atoms with E-state index < -0.39 is 33.9 Å². The van der Waals surface area contributed by atoms with Gasteiger partial charge in [0, 0.05) is 31.8 Å². The van der Waals surface area contributed by atoms with E-state index in [1.807, 2.05) is 68.4 Å². The minimum Gasteiger partial charge on any atom is -0.497 e. The lowest BCUT2D eigenvalue weighted by atomic mass is 10.0. The highest BCUT2D eigenvalue weighted by Crippen LogP contribution is 2.18. The Kier molecular flexibility index (Phi) is 14.0. The van der Waals surface area contributed by atoms with Gasteiger partial charge in [-0.05, 0) is 42.0 Å². The molecule has 216 valence electrons. The van der Waals surface area contributed by atoms with Crippen LogP contribution in [0.15, 0.2) is 54.6 Å². The predicted molar refractivity (Wildman–Crippen MR) is 157 cm³/mol. The van der Waals surface area contributed by atoms with Crippen molar-refractivity contribution in [3.8, 4) is 5.75 Å². The maximum absolute atomic E-state index is 13.3. The SMILES string of the molecule is COc1cccc(CNCC(OC(=O)[C@@H](CSC(C)=O)CS(=O)(=O)CCC(C)C)C(N)Cc2ccccc2)c1. The summed E-state index contributed by atoms with van der Waals surface area (Å²) in [4.78, 5) is 25.0. The van der Waals surface area contributed by atoms with Crippen molar-refractivity contribution in [3.05, 3.63) is 65.7 Å². The number of nitrogens with one attached hydrogen (secondary N) is 1. The summed E-state index contributed by atoms with van der Waals surface area (Å²) in [5.74, 6) is -1.02. The molecular formula is C29H42N2O6S2. The molecule has 0 fully saturated rings. The van der Waals surface area contributed by atoms with Gasteiger partial charge in [-0.2, -0.15) is 0 Å². The van der Waals surface area contributed by atoms with Crippen molar-refractivity contribution >= 4 is 32.7 Å². The van der Waals surface area contributed by atoms with Gasteiger partial charge in [0.2, 0.25) is 0 Å². The first-order valence-corrected chi connectivity index (χ1v) is 16.0. The van der Waals surface area contributed by atoms with Crippen LogP contribution in [0.1, 0.15) is 38.3 Å². The number of rotatable bonds is 17.